The molecule has 1 aromatic heterocycles. The van der Waals surface area contributed by atoms with Crippen molar-refractivity contribution >= 4 is 26.4 Å². The first-order valence-electron chi connectivity index (χ1n) is 25.7. The monoisotopic (exact) mass is 928 g/mol. The maximum atomic E-state index is 14.5. The molecule has 65 heavy (non-hydrogen) atoms. The van der Waals surface area contributed by atoms with Gasteiger partial charge in [0.15, 0.2) is 0 Å². The number of unbranched alkanes of at least 4 members (excludes halogenated alkanes) is 17. The van der Waals surface area contributed by atoms with Crippen molar-refractivity contribution in [1.29, 1.82) is 0 Å². The van der Waals surface area contributed by atoms with E-state index >= 15 is 0 Å². The molecule has 0 saturated carbocycles. The largest absolute Gasteiger partial charge is 0.573 e. The van der Waals surface area contributed by atoms with Crippen molar-refractivity contribution < 1.29 is 31.1 Å². The summed E-state index contributed by atoms with van der Waals surface area (Å²) < 4.78 is 79.5. The first-order valence-corrected chi connectivity index (χ1v) is 27.2. The van der Waals surface area contributed by atoms with Gasteiger partial charge in [-0.25, -0.2) is 8.42 Å². The van der Waals surface area contributed by atoms with Crippen molar-refractivity contribution in [2.75, 3.05) is 70.4 Å². The molecule has 3 aliphatic rings. The highest BCUT2D eigenvalue weighted by molar-refractivity contribution is 7.91. The first kappa shape index (κ1) is 51.3. The van der Waals surface area contributed by atoms with E-state index in [0.717, 1.165) is 58.4 Å². The highest BCUT2D eigenvalue weighted by Crippen LogP contribution is 2.40. The van der Waals surface area contributed by atoms with Crippen LogP contribution in [0.5, 0.6) is 11.5 Å². The van der Waals surface area contributed by atoms with E-state index in [1.165, 1.54) is 153 Å². The van der Waals surface area contributed by atoms with Gasteiger partial charge in [0.25, 0.3) is 0 Å². The van der Waals surface area contributed by atoms with Crippen molar-refractivity contribution in [2.24, 2.45) is 0 Å². The maximum Gasteiger partial charge on any atom is 0.573 e. The number of halogens is 3. The lowest BCUT2D eigenvalue weighted by Crippen LogP contribution is -2.56. The number of piperazine rings is 1. The van der Waals surface area contributed by atoms with Gasteiger partial charge in [-0.3, -0.25) is 14.8 Å². The Hall–Kier alpha value is -3.13. The average molecular weight is 928 g/mol. The number of nitrogens with zero attached hydrogens (tertiary/aromatic N) is 5. The van der Waals surface area contributed by atoms with E-state index in [9.17, 15) is 21.6 Å². The fraction of sp³-hybridized carbons (Fsp3) is 0.712. The Morgan fingerprint density at radius 3 is 1.58 bits per heavy atom. The van der Waals surface area contributed by atoms with Gasteiger partial charge >= 0.3 is 6.36 Å². The number of rotatable bonds is 27. The molecule has 9 nitrogen and oxygen atoms in total. The molecule has 13 heteroatoms. The summed E-state index contributed by atoms with van der Waals surface area (Å²) >= 11 is 0. The van der Waals surface area contributed by atoms with Gasteiger partial charge in [-0.05, 0) is 94.2 Å². The molecule has 0 bridgehead atoms. The number of alkyl halides is 3. The van der Waals surface area contributed by atoms with Crippen LogP contribution in [0, 0.1) is 0 Å². The van der Waals surface area contributed by atoms with Crippen LogP contribution in [0.25, 0.3) is 10.9 Å². The van der Waals surface area contributed by atoms with Gasteiger partial charge in [0, 0.05) is 62.9 Å². The number of anilines is 1. The van der Waals surface area contributed by atoms with Crippen LogP contribution in [-0.2, 0) is 9.84 Å². The molecule has 6 rings (SSSR count). The van der Waals surface area contributed by atoms with Crippen LogP contribution in [0.4, 0.5) is 18.9 Å². The Labute approximate surface area is 389 Å². The molecule has 0 radical (unpaired) electrons. The lowest BCUT2D eigenvalue weighted by atomic mass is 9.99. The SMILES string of the molecule is CCCCCCCCCCCCCCCCCCCCOc1ccc(S(=O)(=O)c2cnc3ccc(OC(F)(F)F)cc3c2N2CCC(N3CCN(C4CCN(CC)CC4)CC3)CC2)cc1. The minimum absolute atomic E-state index is 0.0252. The Morgan fingerprint density at radius 2 is 1.09 bits per heavy atom. The van der Waals surface area contributed by atoms with Gasteiger partial charge < -0.3 is 19.3 Å². The van der Waals surface area contributed by atoms with E-state index in [1.807, 2.05) is 4.90 Å². The zero-order valence-corrected chi connectivity index (χ0v) is 40.6. The van der Waals surface area contributed by atoms with Gasteiger partial charge in [-0.1, -0.05) is 123 Å². The number of hydrogen-bond acceptors (Lipinski definition) is 9. The van der Waals surface area contributed by atoms with Crippen LogP contribution in [-0.4, -0.2) is 112 Å². The summed E-state index contributed by atoms with van der Waals surface area (Å²) in [7, 11) is -4.13. The summed E-state index contributed by atoms with van der Waals surface area (Å²) in [5.41, 5.74) is 0.776. The lowest BCUT2D eigenvalue weighted by molar-refractivity contribution is -0.274. The zero-order valence-electron chi connectivity index (χ0n) is 39.8. The van der Waals surface area contributed by atoms with E-state index in [-0.39, 0.29) is 9.79 Å². The van der Waals surface area contributed by atoms with Crippen molar-refractivity contribution in [3.63, 3.8) is 0 Å². The molecule has 364 valence electrons. The number of hydrogen-bond donors (Lipinski definition) is 0. The predicted octanol–water partition coefficient (Wildman–Crippen LogP) is 12.5. The molecule has 3 saturated heterocycles. The third-order valence-corrected chi connectivity index (χ3v) is 16.1. The van der Waals surface area contributed by atoms with Crippen molar-refractivity contribution in [2.45, 2.75) is 183 Å². The minimum atomic E-state index is -4.89. The van der Waals surface area contributed by atoms with Gasteiger partial charge in [0.2, 0.25) is 9.84 Å². The van der Waals surface area contributed by atoms with Gasteiger partial charge in [0.1, 0.15) is 16.4 Å². The highest BCUT2D eigenvalue weighted by Gasteiger charge is 2.35. The maximum absolute atomic E-state index is 14.5. The molecule has 2 aromatic carbocycles. The Balaban J connectivity index is 0.972. The third-order valence-electron chi connectivity index (χ3n) is 14.4. The van der Waals surface area contributed by atoms with E-state index < -0.39 is 21.9 Å². The molecule has 0 aliphatic carbocycles. The van der Waals surface area contributed by atoms with Crippen LogP contribution in [0.1, 0.15) is 155 Å². The standard InChI is InChI=1S/C52H80F3N5O4S/c1-3-5-6-7-8-9-10-11-12-13-14-15-16-17-18-19-20-21-40-63-45-22-25-47(26-23-45)65(61,62)50-42-56-49-27-24-46(64-52(53,54)55)41-48(49)51(50)60-34-30-44(31-35-60)59-38-36-58(37-39-59)43-28-32-57(4-2)33-29-43/h22-27,41-44H,3-21,28-40H2,1-2H3. The van der Waals surface area contributed by atoms with E-state index in [0.29, 0.717) is 54.1 Å². The Kier molecular flexibility index (Phi) is 20.8. The summed E-state index contributed by atoms with van der Waals surface area (Å²) in [6.45, 7) is 13.8. The van der Waals surface area contributed by atoms with Crippen LogP contribution in [0.2, 0.25) is 0 Å². The van der Waals surface area contributed by atoms with Crippen molar-refractivity contribution in [3.05, 3.63) is 48.7 Å². The van der Waals surface area contributed by atoms with Crippen LogP contribution in [0.3, 0.4) is 0 Å². The number of aromatic nitrogens is 1. The van der Waals surface area contributed by atoms with Gasteiger partial charge in [0.05, 0.1) is 22.7 Å². The third kappa shape index (κ3) is 16.0. The molecule has 0 amide bonds. The number of fused-ring (bicyclic) bond motifs is 1. The normalized spacial score (nSPS) is 17.9. The second-order valence-corrected chi connectivity index (χ2v) is 20.9. The fourth-order valence-electron chi connectivity index (χ4n) is 10.4. The van der Waals surface area contributed by atoms with Gasteiger partial charge in [-0.2, -0.15) is 0 Å². The number of pyridine rings is 1. The molecule has 0 N–H and O–H groups in total. The predicted molar refractivity (Wildman–Crippen MR) is 258 cm³/mol. The smallest absolute Gasteiger partial charge is 0.494 e. The summed E-state index contributed by atoms with van der Waals surface area (Å²) in [6.07, 6.45) is 24.3. The number of ether oxygens (including phenoxy) is 2. The van der Waals surface area contributed by atoms with Gasteiger partial charge in [-0.15, -0.1) is 13.2 Å². The van der Waals surface area contributed by atoms with Crippen LogP contribution in [0.15, 0.2) is 58.5 Å². The molecule has 0 atom stereocenters. The minimum Gasteiger partial charge on any atom is -0.494 e. The zero-order chi connectivity index (χ0) is 45.9. The molecule has 0 spiro atoms. The second-order valence-electron chi connectivity index (χ2n) is 19.0. The molecule has 4 heterocycles. The Morgan fingerprint density at radius 1 is 0.615 bits per heavy atom. The van der Waals surface area contributed by atoms with E-state index in [4.69, 9.17) is 4.74 Å². The van der Waals surface area contributed by atoms with E-state index in [2.05, 4.69) is 38.3 Å². The van der Waals surface area contributed by atoms with Crippen molar-refractivity contribution in [1.82, 2.24) is 19.7 Å². The fourth-order valence-corrected chi connectivity index (χ4v) is 11.9. The number of sulfone groups is 1. The topological polar surface area (TPSA) is 78.4 Å². The molecule has 3 aromatic rings. The quantitative estimate of drug-likeness (QED) is 0.0695. The summed E-state index contributed by atoms with van der Waals surface area (Å²) in [5.74, 6) is 0.193. The molecule has 3 fully saturated rings. The highest BCUT2D eigenvalue weighted by atomic mass is 32.2. The average Bonchev–Trinajstić information content (AvgIpc) is 3.31. The number of benzene rings is 2. The molecular weight excluding hydrogens is 848 g/mol. The van der Waals surface area contributed by atoms with Crippen LogP contribution < -0.4 is 14.4 Å². The summed E-state index contributed by atoms with van der Waals surface area (Å²) in [4.78, 5) is 14.3. The summed E-state index contributed by atoms with van der Waals surface area (Å²) in [5, 5.41) is 0.318. The van der Waals surface area contributed by atoms with Crippen LogP contribution >= 0.6 is 0 Å². The number of likely N-dealkylation sites (tertiary alicyclic amines) is 1. The molecule has 0 unspecified atom stereocenters. The molecule has 3 aliphatic heterocycles. The Bertz CT molecular complexity index is 1930. The van der Waals surface area contributed by atoms with E-state index in [1.54, 1.807) is 24.3 Å². The lowest BCUT2D eigenvalue weighted by Gasteiger charge is -2.46. The summed E-state index contributed by atoms with van der Waals surface area (Å²) in [6, 6.07) is 11.4. The van der Waals surface area contributed by atoms with Crippen molar-refractivity contribution in [3.8, 4) is 11.5 Å². The molecular formula is C52H80F3N5O4S. The first-order chi connectivity index (χ1) is 31.6. The second kappa shape index (κ2) is 26.4. The number of piperidine rings is 2.